The number of carbonyl (C=O) groups is 1. The lowest BCUT2D eigenvalue weighted by molar-refractivity contribution is -0.121. The predicted octanol–water partition coefficient (Wildman–Crippen LogP) is 1.78. The van der Waals surface area contributed by atoms with Crippen LogP contribution in [0.4, 0.5) is 5.69 Å². The molecule has 22 heavy (non-hydrogen) atoms. The smallest absolute Gasteiger partial charge is 0.243 e. The van der Waals surface area contributed by atoms with E-state index < -0.39 is 16.1 Å². The minimum atomic E-state index is -3.64. The Hall–Kier alpha value is -1.47. The third kappa shape index (κ3) is 3.84. The number of halogens is 1. The number of rotatable bonds is 6. The van der Waals surface area contributed by atoms with Crippen molar-refractivity contribution in [2.45, 2.75) is 31.8 Å². The highest BCUT2D eigenvalue weighted by Gasteiger charge is 2.32. The zero-order valence-corrected chi connectivity index (χ0v) is 14.2. The molecule has 0 aromatic heterocycles. The lowest BCUT2D eigenvalue weighted by Gasteiger charge is -2.28. The van der Waals surface area contributed by atoms with E-state index in [1.807, 2.05) is 0 Å². The largest absolute Gasteiger partial charge is 0.495 e. The monoisotopic (exact) mass is 346 g/mol. The summed E-state index contributed by atoms with van der Waals surface area (Å²) in [5, 5.41) is 3.09. The molecular weight excluding hydrogens is 328 g/mol. The summed E-state index contributed by atoms with van der Waals surface area (Å²) in [6.45, 7) is 1.55. The van der Waals surface area contributed by atoms with Crippen LogP contribution in [0.2, 0.25) is 5.02 Å². The molecule has 0 bridgehead atoms. The maximum Gasteiger partial charge on any atom is 0.243 e. The van der Waals surface area contributed by atoms with Gasteiger partial charge in [0, 0.05) is 6.04 Å². The van der Waals surface area contributed by atoms with E-state index in [0.29, 0.717) is 11.4 Å². The van der Waals surface area contributed by atoms with Gasteiger partial charge in [-0.1, -0.05) is 11.6 Å². The van der Waals surface area contributed by atoms with Crippen molar-refractivity contribution < 1.29 is 17.9 Å². The van der Waals surface area contributed by atoms with Crippen molar-refractivity contribution in [3.05, 3.63) is 23.2 Å². The minimum absolute atomic E-state index is 0.163. The van der Waals surface area contributed by atoms with Crippen LogP contribution in [0, 0.1) is 0 Å². The van der Waals surface area contributed by atoms with Gasteiger partial charge in [0.15, 0.2) is 0 Å². The second-order valence-corrected chi connectivity index (χ2v) is 7.60. The Bertz CT molecular complexity index is 673. The third-order valence-electron chi connectivity index (χ3n) is 3.40. The molecule has 1 N–H and O–H groups in total. The topological polar surface area (TPSA) is 75.7 Å². The first-order valence-corrected chi connectivity index (χ1v) is 9.10. The number of ether oxygens (including phenoxy) is 1. The average molecular weight is 347 g/mol. The fourth-order valence-electron chi connectivity index (χ4n) is 2.15. The van der Waals surface area contributed by atoms with Crippen molar-refractivity contribution in [1.82, 2.24) is 5.32 Å². The van der Waals surface area contributed by atoms with Crippen LogP contribution in [0.3, 0.4) is 0 Å². The van der Waals surface area contributed by atoms with Gasteiger partial charge in [0.1, 0.15) is 11.8 Å². The third-order valence-corrected chi connectivity index (χ3v) is 4.94. The molecule has 1 amide bonds. The molecule has 1 aromatic carbocycles. The Morgan fingerprint density at radius 3 is 2.55 bits per heavy atom. The number of nitrogens with one attached hydrogen (secondary N) is 1. The Morgan fingerprint density at radius 1 is 1.45 bits per heavy atom. The number of amides is 1. The number of nitrogens with zero attached hydrogens (tertiary/aromatic N) is 1. The molecule has 1 aliphatic rings. The first-order valence-electron chi connectivity index (χ1n) is 6.87. The second-order valence-electron chi connectivity index (χ2n) is 5.34. The molecule has 0 spiro atoms. The maximum atomic E-state index is 12.2. The van der Waals surface area contributed by atoms with Crippen LogP contribution in [0.25, 0.3) is 0 Å². The van der Waals surface area contributed by atoms with Crippen molar-refractivity contribution in [2.75, 3.05) is 17.7 Å². The molecule has 0 heterocycles. The van der Waals surface area contributed by atoms with Gasteiger partial charge in [-0.05, 0) is 38.0 Å². The highest BCUT2D eigenvalue weighted by atomic mass is 35.5. The van der Waals surface area contributed by atoms with Gasteiger partial charge < -0.3 is 10.1 Å². The molecule has 0 radical (unpaired) electrons. The predicted molar refractivity (Wildman–Crippen MR) is 86.0 cm³/mol. The molecule has 8 heteroatoms. The van der Waals surface area contributed by atoms with Gasteiger partial charge in [-0.3, -0.25) is 9.10 Å². The summed E-state index contributed by atoms with van der Waals surface area (Å²) in [5.74, 6) is 0.119. The van der Waals surface area contributed by atoms with E-state index in [0.717, 1.165) is 23.4 Å². The van der Waals surface area contributed by atoms with E-state index in [2.05, 4.69) is 5.32 Å². The summed E-state index contributed by atoms with van der Waals surface area (Å²) in [6, 6.07) is 3.91. The van der Waals surface area contributed by atoms with Crippen LogP contribution < -0.4 is 14.4 Å². The van der Waals surface area contributed by atoms with E-state index in [4.69, 9.17) is 16.3 Å². The maximum absolute atomic E-state index is 12.2. The summed E-state index contributed by atoms with van der Waals surface area (Å²) in [7, 11) is -2.17. The molecule has 1 saturated carbocycles. The fourth-order valence-corrected chi connectivity index (χ4v) is 3.57. The van der Waals surface area contributed by atoms with Gasteiger partial charge in [-0.2, -0.15) is 0 Å². The number of hydrogen-bond donors (Lipinski definition) is 1. The van der Waals surface area contributed by atoms with Gasteiger partial charge in [0.05, 0.1) is 24.1 Å². The minimum Gasteiger partial charge on any atom is -0.495 e. The van der Waals surface area contributed by atoms with Crippen molar-refractivity contribution >= 4 is 33.2 Å². The van der Waals surface area contributed by atoms with E-state index in [1.54, 1.807) is 19.1 Å². The van der Waals surface area contributed by atoms with Crippen LogP contribution in [-0.2, 0) is 14.8 Å². The molecule has 1 aliphatic carbocycles. The first kappa shape index (κ1) is 16.9. The molecule has 0 aliphatic heterocycles. The first-order chi connectivity index (χ1) is 10.2. The number of benzene rings is 1. The SMILES string of the molecule is COc1ccc(N(C(C)C(=O)NC2CC2)S(C)(=O)=O)cc1Cl. The quantitative estimate of drug-likeness (QED) is 0.852. The standard InChI is InChI=1S/C14H19ClN2O4S/c1-9(14(18)16-10-4-5-10)17(22(3,19)20)11-6-7-13(21-2)12(15)8-11/h6-10H,4-5H2,1-3H3,(H,16,18). The van der Waals surface area contributed by atoms with Crippen LogP contribution in [0.15, 0.2) is 18.2 Å². The van der Waals surface area contributed by atoms with Gasteiger partial charge in [-0.25, -0.2) is 8.42 Å². The van der Waals surface area contributed by atoms with Crippen molar-refractivity contribution in [3.63, 3.8) is 0 Å². The highest BCUT2D eigenvalue weighted by molar-refractivity contribution is 7.92. The molecule has 1 aromatic rings. The molecule has 1 unspecified atom stereocenters. The van der Waals surface area contributed by atoms with E-state index >= 15 is 0 Å². The summed E-state index contributed by atoms with van der Waals surface area (Å²) < 4.78 is 30.4. The number of hydrogen-bond acceptors (Lipinski definition) is 4. The van der Waals surface area contributed by atoms with E-state index in [9.17, 15) is 13.2 Å². The van der Waals surface area contributed by atoms with Crippen molar-refractivity contribution in [2.24, 2.45) is 0 Å². The van der Waals surface area contributed by atoms with Crippen molar-refractivity contribution in [3.8, 4) is 5.75 Å². The lowest BCUT2D eigenvalue weighted by atomic mass is 10.2. The Morgan fingerprint density at radius 2 is 2.09 bits per heavy atom. The summed E-state index contributed by atoms with van der Waals surface area (Å²) in [6.07, 6.45) is 2.93. The van der Waals surface area contributed by atoms with E-state index in [-0.39, 0.29) is 17.0 Å². The molecular formula is C14H19ClN2O4S. The Labute approximate surface area is 135 Å². The summed E-state index contributed by atoms with van der Waals surface area (Å²) in [4.78, 5) is 12.2. The normalized spacial score (nSPS) is 16.0. The Kier molecular flexibility index (Phi) is 4.87. The highest BCUT2D eigenvalue weighted by Crippen LogP contribution is 2.31. The number of carbonyl (C=O) groups excluding carboxylic acids is 1. The van der Waals surface area contributed by atoms with Crippen molar-refractivity contribution in [1.29, 1.82) is 0 Å². The van der Waals surface area contributed by atoms with Crippen LogP contribution in [0.5, 0.6) is 5.75 Å². The van der Waals surface area contributed by atoms with Crippen LogP contribution in [-0.4, -0.2) is 39.8 Å². The van der Waals surface area contributed by atoms with Crippen LogP contribution in [0.1, 0.15) is 19.8 Å². The molecule has 0 saturated heterocycles. The number of methoxy groups -OCH3 is 1. The zero-order valence-electron chi connectivity index (χ0n) is 12.7. The summed E-state index contributed by atoms with van der Waals surface area (Å²) in [5.41, 5.74) is 0.326. The lowest BCUT2D eigenvalue weighted by Crippen LogP contribution is -2.48. The van der Waals surface area contributed by atoms with Gasteiger partial charge in [0.25, 0.3) is 0 Å². The molecule has 122 valence electrons. The Balaban J connectivity index is 2.33. The van der Waals surface area contributed by atoms with E-state index in [1.165, 1.54) is 13.2 Å². The molecule has 1 atom stereocenters. The van der Waals surface area contributed by atoms with Crippen LogP contribution >= 0.6 is 11.6 Å². The molecule has 6 nitrogen and oxygen atoms in total. The molecule has 2 rings (SSSR count). The molecule has 1 fully saturated rings. The number of sulfonamides is 1. The second kappa shape index (κ2) is 6.34. The van der Waals surface area contributed by atoms with Gasteiger partial charge >= 0.3 is 0 Å². The number of anilines is 1. The summed E-state index contributed by atoms with van der Waals surface area (Å²) >= 11 is 6.06. The fraction of sp³-hybridized carbons (Fsp3) is 0.500. The average Bonchev–Trinajstić information content (AvgIpc) is 3.21. The van der Waals surface area contributed by atoms with Gasteiger partial charge in [0.2, 0.25) is 15.9 Å². The van der Waals surface area contributed by atoms with Gasteiger partial charge in [-0.15, -0.1) is 0 Å². The zero-order chi connectivity index (χ0) is 16.5.